The summed E-state index contributed by atoms with van der Waals surface area (Å²) in [4.78, 5) is 28.4. The van der Waals surface area contributed by atoms with Gasteiger partial charge in [-0.1, -0.05) is 60.7 Å². The minimum Gasteiger partial charge on any atom is -0.328 e. The second-order valence-corrected chi connectivity index (χ2v) is 7.48. The second-order valence-electron chi connectivity index (χ2n) is 6.71. The predicted molar refractivity (Wildman–Crippen MR) is 124 cm³/mol. The van der Waals surface area contributed by atoms with Crippen LogP contribution in [-0.4, -0.2) is 44.9 Å². The molecule has 8 heteroatoms. The van der Waals surface area contributed by atoms with E-state index in [0.29, 0.717) is 21.6 Å². The van der Waals surface area contributed by atoms with Gasteiger partial charge in [0.25, 0.3) is 11.8 Å². The molecule has 4 rings (SSSR count). The van der Waals surface area contributed by atoms with Gasteiger partial charge in [-0.15, -0.1) is 0 Å². The Morgan fingerprint density at radius 1 is 0.667 bits per heavy atom. The van der Waals surface area contributed by atoms with Crippen LogP contribution in [0.4, 0.5) is 0 Å². The summed E-state index contributed by atoms with van der Waals surface area (Å²) in [5.41, 5.74) is 2.61. The summed E-state index contributed by atoms with van der Waals surface area (Å²) in [6.07, 6.45) is 3.51. The molecule has 0 spiro atoms. The number of hydrogen-bond donors (Lipinski definition) is 2. The highest BCUT2D eigenvalue weighted by atomic mass is 32.1. The molecule has 0 aromatic heterocycles. The average Bonchev–Trinajstić information content (AvgIpc) is 3.16. The van der Waals surface area contributed by atoms with E-state index in [2.05, 4.69) is 10.6 Å². The minimum atomic E-state index is -0.227. The number of carbonyl (C=O) groups is 2. The third-order valence-corrected chi connectivity index (χ3v) is 5.34. The number of benzene rings is 2. The molecule has 0 atom stereocenters. The van der Waals surface area contributed by atoms with Crippen molar-refractivity contribution in [2.45, 2.75) is 0 Å². The number of thiocarbonyl (C=S) groups is 2. The van der Waals surface area contributed by atoms with Crippen molar-refractivity contribution in [3.05, 3.63) is 83.2 Å². The van der Waals surface area contributed by atoms with E-state index < -0.39 is 0 Å². The third-order valence-electron chi connectivity index (χ3n) is 4.69. The Bertz CT molecular complexity index is 993. The molecule has 2 aromatic rings. The van der Waals surface area contributed by atoms with Crippen LogP contribution >= 0.6 is 24.4 Å². The lowest BCUT2D eigenvalue weighted by atomic mass is 10.2. The van der Waals surface area contributed by atoms with Crippen molar-refractivity contribution < 1.29 is 9.59 Å². The Morgan fingerprint density at radius 3 is 1.40 bits per heavy atom. The summed E-state index contributed by atoms with van der Waals surface area (Å²) in [5.74, 6) is -0.455. The highest BCUT2D eigenvalue weighted by Crippen LogP contribution is 2.17. The molecule has 30 heavy (non-hydrogen) atoms. The van der Waals surface area contributed by atoms with Crippen molar-refractivity contribution in [1.82, 2.24) is 20.4 Å². The van der Waals surface area contributed by atoms with Crippen molar-refractivity contribution in [3.63, 3.8) is 0 Å². The van der Waals surface area contributed by atoms with Crippen LogP contribution in [0.25, 0.3) is 12.2 Å². The predicted octanol–water partition coefficient (Wildman–Crippen LogP) is 2.50. The van der Waals surface area contributed by atoms with Crippen LogP contribution < -0.4 is 10.6 Å². The SMILES string of the molecule is O=C1/C(=C/c2ccccc2)NC(=S)N1CCN1C(=O)/C(=C/c2ccccc2)NC1=S. The molecule has 0 bridgehead atoms. The van der Waals surface area contributed by atoms with Crippen molar-refractivity contribution in [3.8, 4) is 0 Å². The Hall–Kier alpha value is -3.36. The van der Waals surface area contributed by atoms with Crippen LogP contribution in [0, 0.1) is 0 Å². The van der Waals surface area contributed by atoms with Gasteiger partial charge in [0.05, 0.1) is 0 Å². The molecule has 2 saturated heterocycles. The number of amides is 2. The molecule has 150 valence electrons. The maximum Gasteiger partial charge on any atom is 0.276 e. The van der Waals surface area contributed by atoms with Gasteiger partial charge < -0.3 is 10.6 Å². The average molecular weight is 435 g/mol. The van der Waals surface area contributed by atoms with Gasteiger partial charge in [0.15, 0.2) is 10.2 Å². The van der Waals surface area contributed by atoms with Crippen LogP contribution in [-0.2, 0) is 9.59 Å². The summed E-state index contributed by atoms with van der Waals surface area (Å²) < 4.78 is 0. The van der Waals surface area contributed by atoms with E-state index in [1.807, 2.05) is 60.7 Å². The second kappa shape index (κ2) is 8.56. The van der Waals surface area contributed by atoms with Crippen LogP contribution in [0.2, 0.25) is 0 Å². The Morgan fingerprint density at radius 2 is 1.03 bits per heavy atom. The summed E-state index contributed by atoms with van der Waals surface area (Å²) in [6.45, 7) is 0.478. The fraction of sp³-hybridized carbons (Fsp3) is 0.0909. The first-order chi connectivity index (χ1) is 14.5. The molecule has 2 heterocycles. The number of nitrogens with one attached hydrogen (secondary N) is 2. The lowest BCUT2D eigenvalue weighted by Gasteiger charge is -2.19. The molecule has 0 saturated carbocycles. The number of rotatable bonds is 5. The summed E-state index contributed by atoms with van der Waals surface area (Å²) in [5, 5.41) is 6.52. The highest BCUT2D eigenvalue weighted by Gasteiger charge is 2.34. The van der Waals surface area contributed by atoms with Gasteiger partial charge in [0.2, 0.25) is 0 Å². The first-order valence-electron chi connectivity index (χ1n) is 9.32. The molecule has 6 nitrogen and oxygen atoms in total. The van der Waals surface area contributed by atoms with E-state index in [9.17, 15) is 9.59 Å². The van der Waals surface area contributed by atoms with Gasteiger partial charge in [-0.3, -0.25) is 19.4 Å². The van der Waals surface area contributed by atoms with Crippen molar-refractivity contribution >= 4 is 58.6 Å². The van der Waals surface area contributed by atoms with Crippen molar-refractivity contribution in [2.24, 2.45) is 0 Å². The number of carbonyl (C=O) groups excluding carboxylic acids is 2. The van der Waals surface area contributed by atoms with Gasteiger partial charge in [-0.05, 0) is 47.7 Å². The van der Waals surface area contributed by atoms with Crippen molar-refractivity contribution in [1.29, 1.82) is 0 Å². The molecular formula is C22H18N4O2S2. The van der Waals surface area contributed by atoms with E-state index in [1.165, 1.54) is 9.80 Å². The van der Waals surface area contributed by atoms with Crippen molar-refractivity contribution in [2.75, 3.05) is 13.1 Å². The first-order valence-corrected chi connectivity index (χ1v) is 10.1. The van der Waals surface area contributed by atoms with E-state index >= 15 is 0 Å². The van der Waals surface area contributed by atoms with Crippen LogP contribution in [0.3, 0.4) is 0 Å². The first kappa shape index (κ1) is 19.9. The molecule has 2 aliphatic rings. The van der Waals surface area contributed by atoms with E-state index in [-0.39, 0.29) is 24.9 Å². The fourth-order valence-corrected chi connectivity index (χ4v) is 3.75. The summed E-state index contributed by atoms with van der Waals surface area (Å²) in [7, 11) is 0. The maximum absolute atomic E-state index is 12.7. The zero-order valence-electron chi connectivity index (χ0n) is 15.9. The van der Waals surface area contributed by atoms with Gasteiger partial charge >= 0.3 is 0 Å². The van der Waals surface area contributed by atoms with E-state index in [1.54, 1.807) is 12.2 Å². The van der Waals surface area contributed by atoms with Gasteiger partial charge in [0, 0.05) is 13.1 Å². The topological polar surface area (TPSA) is 64.7 Å². The molecule has 0 radical (unpaired) electrons. The number of nitrogens with zero attached hydrogens (tertiary/aromatic N) is 2. The smallest absolute Gasteiger partial charge is 0.276 e. The molecule has 2 aliphatic heterocycles. The summed E-state index contributed by atoms with van der Waals surface area (Å²) >= 11 is 10.6. The van der Waals surface area contributed by atoms with Gasteiger partial charge in [-0.25, -0.2) is 0 Å². The lowest BCUT2D eigenvalue weighted by Crippen LogP contribution is -2.41. The molecular weight excluding hydrogens is 416 g/mol. The lowest BCUT2D eigenvalue weighted by molar-refractivity contribution is -0.125. The monoisotopic (exact) mass is 434 g/mol. The van der Waals surface area contributed by atoms with Crippen LogP contribution in [0.15, 0.2) is 72.1 Å². The molecule has 0 aliphatic carbocycles. The van der Waals surface area contributed by atoms with Crippen LogP contribution in [0.1, 0.15) is 11.1 Å². The molecule has 2 N–H and O–H groups in total. The standard InChI is InChI=1S/C22H18N4O2S2/c27-19-17(13-15-7-3-1-4-8-15)23-21(29)25(19)11-12-26-20(28)18(24-22(26)30)14-16-9-5-2-6-10-16/h1-10,13-14H,11-12H2,(H,23,29)(H,24,30)/b17-13-,18-14-. The molecule has 2 aromatic carbocycles. The Balaban J connectivity index is 1.43. The van der Waals surface area contributed by atoms with Gasteiger partial charge in [-0.2, -0.15) is 0 Å². The summed E-state index contributed by atoms with van der Waals surface area (Å²) in [6, 6.07) is 19.0. The Kier molecular flexibility index (Phi) is 5.69. The zero-order valence-corrected chi connectivity index (χ0v) is 17.5. The molecule has 2 amide bonds. The maximum atomic E-state index is 12.7. The highest BCUT2D eigenvalue weighted by molar-refractivity contribution is 7.80. The molecule has 2 fully saturated rings. The zero-order chi connectivity index (χ0) is 21.1. The Labute approximate surface area is 184 Å². The normalized spacial score (nSPS) is 19.1. The van der Waals surface area contributed by atoms with E-state index in [0.717, 1.165) is 11.1 Å². The van der Waals surface area contributed by atoms with Crippen LogP contribution in [0.5, 0.6) is 0 Å². The van der Waals surface area contributed by atoms with E-state index in [4.69, 9.17) is 24.4 Å². The quantitative estimate of drug-likeness (QED) is 0.557. The third kappa shape index (κ3) is 4.14. The molecule has 0 unspecified atom stereocenters. The fourth-order valence-electron chi connectivity index (χ4n) is 3.18. The number of hydrogen-bond acceptors (Lipinski definition) is 4. The van der Waals surface area contributed by atoms with Gasteiger partial charge in [0.1, 0.15) is 11.4 Å². The minimum absolute atomic E-state index is 0.227. The largest absolute Gasteiger partial charge is 0.328 e.